The lowest BCUT2D eigenvalue weighted by Crippen LogP contribution is -2.33. The number of nitrogen functional groups attached to an aromatic ring is 1. The van der Waals surface area contributed by atoms with Crippen molar-refractivity contribution in [1.82, 2.24) is 4.72 Å². The Morgan fingerprint density at radius 3 is 2.48 bits per heavy atom. The number of nitrogens with one attached hydrogen (secondary N) is 1. The minimum absolute atomic E-state index is 0.0330. The Hall–Kier alpha value is -0.490. The number of rotatable bonds is 8. The summed E-state index contributed by atoms with van der Waals surface area (Å²) in [4.78, 5) is -0.103. The van der Waals surface area contributed by atoms with Gasteiger partial charge < -0.3 is 5.73 Å². The molecule has 1 aromatic carbocycles. The van der Waals surface area contributed by atoms with Gasteiger partial charge in [-0.15, -0.1) is 0 Å². The lowest BCUT2D eigenvalue weighted by atomic mass is 10.1. The molecule has 0 radical (unpaired) electrons. The normalized spacial score (nSPS) is 13.3. The number of sulfonamides is 1. The van der Waals surface area contributed by atoms with Gasteiger partial charge in [0.25, 0.3) is 0 Å². The van der Waals surface area contributed by atoms with E-state index >= 15 is 0 Å². The summed E-state index contributed by atoms with van der Waals surface area (Å²) in [5.41, 5.74) is 5.79. The molecule has 0 fully saturated rings. The van der Waals surface area contributed by atoms with Gasteiger partial charge in [0.15, 0.2) is 0 Å². The molecule has 4 nitrogen and oxygen atoms in total. The molecule has 0 spiro atoms. The van der Waals surface area contributed by atoms with Crippen molar-refractivity contribution in [1.29, 1.82) is 0 Å². The van der Waals surface area contributed by atoms with Crippen LogP contribution in [-0.2, 0) is 10.0 Å². The summed E-state index contributed by atoms with van der Waals surface area (Å²) >= 11 is 11.8. The minimum Gasteiger partial charge on any atom is -0.398 e. The minimum atomic E-state index is -3.75. The first-order valence-corrected chi connectivity index (χ1v) is 9.28. The van der Waals surface area contributed by atoms with Gasteiger partial charge in [-0.2, -0.15) is 0 Å². The van der Waals surface area contributed by atoms with Crippen molar-refractivity contribution >= 4 is 38.9 Å². The van der Waals surface area contributed by atoms with Crippen molar-refractivity contribution in [3.8, 4) is 0 Å². The van der Waals surface area contributed by atoms with Crippen molar-refractivity contribution in [2.24, 2.45) is 0 Å². The largest absolute Gasteiger partial charge is 0.398 e. The first kappa shape index (κ1) is 18.6. The van der Waals surface area contributed by atoms with E-state index in [-0.39, 0.29) is 21.6 Å². The zero-order chi connectivity index (χ0) is 16.0. The summed E-state index contributed by atoms with van der Waals surface area (Å²) in [7, 11) is -3.75. The van der Waals surface area contributed by atoms with Crippen molar-refractivity contribution in [2.75, 3.05) is 5.73 Å². The fraction of sp³-hybridized carbons (Fsp3) is 0.571. The molecule has 0 aliphatic rings. The van der Waals surface area contributed by atoms with E-state index in [9.17, 15) is 8.42 Å². The second-order valence-electron chi connectivity index (χ2n) is 5.18. The number of halogens is 2. The van der Waals surface area contributed by atoms with E-state index in [0.29, 0.717) is 5.02 Å². The van der Waals surface area contributed by atoms with E-state index < -0.39 is 10.0 Å². The van der Waals surface area contributed by atoms with E-state index in [4.69, 9.17) is 28.9 Å². The third-order valence-electron chi connectivity index (χ3n) is 3.15. The Kier molecular flexibility index (Phi) is 7.27. The van der Waals surface area contributed by atoms with Crippen LogP contribution in [0.1, 0.15) is 46.0 Å². The Bertz CT molecular complexity index is 553. The zero-order valence-corrected chi connectivity index (χ0v) is 14.7. The number of anilines is 1. The van der Waals surface area contributed by atoms with E-state index in [1.54, 1.807) is 0 Å². The van der Waals surface area contributed by atoms with E-state index in [0.717, 1.165) is 32.1 Å². The molecule has 0 saturated heterocycles. The summed E-state index contributed by atoms with van der Waals surface area (Å²) in [5.74, 6) is 0. The maximum absolute atomic E-state index is 12.4. The molecule has 0 aliphatic carbocycles. The monoisotopic (exact) mass is 352 g/mol. The van der Waals surface area contributed by atoms with Crippen molar-refractivity contribution in [2.45, 2.75) is 56.9 Å². The molecule has 3 N–H and O–H groups in total. The average molecular weight is 353 g/mol. The summed E-state index contributed by atoms with van der Waals surface area (Å²) in [6, 6.07) is 2.59. The van der Waals surface area contributed by atoms with Gasteiger partial charge in [0.1, 0.15) is 4.90 Å². The van der Waals surface area contributed by atoms with Crippen LogP contribution in [0.5, 0.6) is 0 Å². The third kappa shape index (κ3) is 5.66. The standard InChI is InChI=1S/C14H22Cl2N2O2S/c1-3-4-5-6-7-10(2)18-21(19,20)14-12(16)8-11(15)9-13(14)17/h8-10,18H,3-7,17H2,1-2H3. The molecule has 1 unspecified atom stereocenters. The Labute approximate surface area is 137 Å². The lowest BCUT2D eigenvalue weighted by molar-refractivity contribution is 0.522. The summed E-state index contributed by atoms with van der Waals surface area (Å²) in [6.45, 7) is 3.97. The SMILES string of the molecule is CCCCCCC(C)NS(=O)(=O)c1c(N)cc(Cl)cc1Cl. The molecule has 0 bridgehead atoms. The van der Waals surface area contributed by atoms with Gasteiger partial charge in [-0.3, -0.25) is 0 Å². The predicted molar refractivity (Wildman–Crippen MR) is 89.4 cm³/mol. The van der Waals surface area contributed by atoms with Crippen LogP contribution in [0.4, 0.5) is 5.69 Å². The molecular weight excluding hydrogens is 331 g/mol. The molecule has 1 aromatic rings. The molecule has 0 heterocycles. The van der Waals surface area contributed by atoms with Crippen LogP contribution in [0.25, 0.3) is 0 Å². The van der Waals surface area contributed by atoms with E-state index in [2.05, 4.69) is 11.6 Å². The Morgan fingerprint density at radius 2 is 1.90 bits per heavy atom. The van der Waals surface area contributed by atoms with Crippen LogP contribution < -0.4 is 10.5 Å². The number of nitrogens with two attached hydrogens (primary N) is 1. The Balaban J connectivity index is 2.78. The zero-order valence-electron chi connectivity index (χ0n) is 12.3. The fourth-order valence-electron chi connectivity index (χ4n) is 2.12. The maximum atomic E-state index is 12.4. The van der Waals surface area contributed by atoms with Gasteiger partial charge in [0, 0.05) is 11.1 Å². The molecule has 120 valence electrons. The molecule has 7 heteroatoms. The second-order valence-corrected chi connectivity index (χ2v) is 7.67. The lowest BCUT2D eigenvalue weighted by Gasteiger charge is -2.16. The third-order valence-corrected chi connectivity index (χ3v) is 5.49. The fourth-order valence-corrected chi connectivity index (χ4v) is 4.39. The van der Waals surface area contributed by atoms with Gasteiger partial charge in [-0.25, -0.2) is 13.1 Å². The molecule has 1 rings (SSSR count). The Morgan fingerprint density at radius 1 is 1.24 bits per heavy atom. The van der Waals surface area contributed by atoms with Crippen LogP contribution in [0.3, 0.4) is 0 Å². The van der Waals surface area contributed by atoms with Gasteiger partial charge >= 0.3 is 0 Å². The van der Waals surface area contributed by atoms with Gasteiger partial charge in [-0.05, 0) is 25.5 Å². The van der Waals surface area contributed by atoms with Crippen LogP contribution in [-0.4, -0.2) is 14.5 Å². The van der Waals surface area contributed by atoms with Gasteiger partial charge in [0.2, 0.25) is 10.0 Å². The molecule has 0 amide bonds. The molecule has 0 saturated carbocycles. The summed E-state index contributed by atoms with van der Waals surface area (Å²) in [6.07, 6.45) is 5.19. The number of hydrogen-bond donors (Lipinski definition) is 2. The highest BCUT2D eigenvalue weighted by Gasteiger charge is 2.23. The number of unbranched alkanes of at least 4 members (excludes halogenated alkanes) is 3. The molecular formula is C14H22Cl2N2O2S. The smallest absolute Gasteiger partial charge is 0.244 e. The highest BCUT2D eigenvalue weighted by molar-refractivity contribution is 7.89. The molecule has 21 heavy (non-hydrogen) atoms. The summed E-state index contributed by atoms with van der Waals surface area (Å²) in [5, 5.41) is 0.342. The maximum Gasteiger partial charge on any atom is 0.244 e. The quantitative estimate of drug-likeness (QED) is 0.543. The summed E-state index contributed by atoms with van der Waals surface area (Å²) < 4.78 is 27.3. The van der Waals surface area contributed by atoms with Gasteiger partial charge in [0.05, 0.1) is 10.7 Å². The number of benzene rings is 1. The van der Waals surface area contributed by atoms with E-state index in [1.807, 2.05) is 6.92 Å². The van der Waals surface area contributed by atoms with E-state index in [1.165, 1.54) is 12.1 Å². The number of hydrogen-bond acceptors (Lipinski definition) is 3. The van der Waals surface area contributed by atoms with Crippen LogP contribution in [0.15, 0.2) is 17.0 Å². The van der Waals surface area contributed by atoms with Crippen LogP contribution >= 0.6 is 23.2 Å². The molecule has 0 aliphatic heterocycles. The van der Waals surface area contributed by atoms with Crippen molar-refractivity contribution < 1.29 is 8.42 Å². The first-order valence-electron chi connectivity index (χ1n) is 7.04. The topological polar surface area (TPSA) is 72.2 Å². The molecule has 0 aromatic heterocycles. The van der Waals surface area contributed by atoms with Gasteiger partial charge in [-0.1, -0.05) is 55.8 Å². The predicted octanol–water partition coefficient (Wildman–Crippen LogP) is 4.21. The van der Waals surface area contributed by atoms with Crippen LogP contribution in [0.2, 0.25) is 10.0 Å². The molecule has 1 atom stereocenters. The average Bonchev–Trinajstić information content (AvgIpc) is 2.32. The highest BCUT2D eigenvalue weighted by Crippen LogP contribution is 2.31. The van der Waals surface area contributed by atoms with Crippen molar-refractivity contribution in [3.05, 3.63) is 22.2 Å². The van der Waals surface area contributed by atoms with Crippen LogP contribution in [0, 0.1) is 0 Å². The van der Waals surface area contributed by atoms with Crippen molar-refractivity contribution in [3.63, 3.8) is 0 Å². The first-order chi connectivity index (χ1) is 9.77. The second kappa shape index (κ2) is 8.22. The highest BCUT2D eigenvalue weighted by atomic mass is 35.5.